The van der Waals surface area contributed by atoms with Gasteiger partial charge in [-0.1, -0.05) is 6.92 Å². The van der Waals surface area contributed by atoms with Gasteiger partial charge in [-0.3, -0.25) is 0 Å². The van der Waals surface area contributed by atoms with Crippen LogP contribution in [-0.2, 0) is 6.42 Å². The van der Waals surface area contributed by atoms with Crippen LogP contribution in [0.15, 0.2) is 6.07 Å². The van der Waals surface area contributed by atoms with E-state index in [1.165, 1.54) is 5.75 Å². The number of hydrogen-bond acceptors (Lipinski definition) is 5. The molecule has 0 radical (unpaired) electrons. The summed E-state index contributed by atoms with van der Waals surface area (Å²) in [5, 5.41) is 6.48. The Morgan fingerprint density at radius 1 is 1.35 bits per heavy atom. The maximum Gasteiger partial charge on any atom is 0.132 e. The van der Waals surface area contributed by atoms with E-state index in [9.17, 15) is 0 Å². The Morgan fingerprint density at radius 2 is 2.06 bits per heavy atom. The first-order valence-corrected chi connectivity index (χ1v) is 7.40. The molecule has 1 atom stereocenters. The monoisotopic (exact) mass is 254 g/mol. The highest BCUT2D eigenvalue weighted by atomic mass is 32.2. The quantitative estimate of drug-likeness (QED) is 0.783. The van der Waals surface area contributed by atoms with Crippen molar-refractivity contribution in [1.29, 1.82) is 0 Å². The zero-order chi connectivity index (χ0) is 12.7. The summed E-state index contributed by atoms with van der Waals surface area (Å²) in [4.78, 5) is 8.85. The van der Waals surface area contributed by atoms with E-state index in [-0.39, 0.29) is 0 Å². The van der Waals surface area contributed by atoms with Crippen LogP contribution < -0.4 is 10.6 Å². The molecule has 2 N–H and O–H groups in total. The zero-order valence-corrected chi connectivity index (χ0v) is 11.9. The summed E-state index contributed by atoms with van der Waals surface area (Å²) in [6, 6.07) is 2.39. The molecule has 0 saturated carbocycles. The standard InChI is InChI=1S/C12H22N4S/c1-5-10-15-11(13-3)8-12(16-10)14-9(2)6-7-17-4/h8-9H,5-7H2,1-4H3,(H2,13,14,15,16). The lowest BCUT2D eigenvalue weighted by Crippen LogP contribution is -2.17. The summed E-state index contributed by atoms with van der Waals surface area (Å²) in [6.07, 6.45) is 4.12. The molecule has 0 aromatic carbocycles. The van der Waals surface area contributed by atoms with Crippen molar-refractivity contribution in [2.75, 3.05) is 29.7 Å². The van der Waals surface area contributed by atoms with Gasteiger partial charge >= 0.3 is 0 Å². The lowest BCUT2D eigenvalue weighted by Gasteiger charge is -2.15. The van der Waals surface area contributed by atoms with E-state index in [2.05, 4.69) is 40.7 Å². The average molecular weight is 254 g/mol. The normalized spacial score (nSPS) is 12.2. The van der Waals surface area contributed by atoms with E-state index in [0.29, 0.717) is 6.04 Å². The van der Waals surface area contributed by atoms with Gasteiger partial charge in [0, 0.05) is 25.6 Å². The first kappa shape index (κ1) is 14.1. The van der Waals surface area contributed by atoms with Gasteiger partial charge in [-0.2, -0.15) is 11.8 Å². The highest BCUT2D eigenvalue weighted by molar-refractivity contribution is 7.98. The molecule has 1 aromatic rings. The van der Waals surface area contributed by atoms with Crippen molar-refractivity contribution in [2.24, 2.45) is 0 Å². The molecule has 5 heteroatoms. The van der Waals surface area contributed by atoms with Gasteiger partial charge in [0.2, 0.25) is 0 Å². The Balaban J connectivity index is 2.68. The second-order valence-electron chi connectivity index (χ2n) is 3.99. The maximum absolute atomic E-state index is 4.48. The largest absolute Gasteiger partial charge is 0.373 e. The minimum Gasteiger partial charge on any atom is -0.373 e. The molecule has 1 rings (SSSR count). The van der Waals surface area contributed by atoms with E-state index < -0.39 is 0 Å². The minimum atomic E-state index is 0.437. The number of rotatable bonds is 7. The molecule has 0 fully saturated rings. The highest BCUT2D eigenvalue weighted by Crippen LogP contribution is 2.13. The second kappa shape index (κ2) is 7.37. The third-order valence-electron chi connectivity index (χ3n) is 2.49. The number of aryl methyl sites for hydroxylation is 1. The van der Waals surface area contributed by atoms with E-state index in [1.807, 2.05) is 24.9 Å². The SMILES string of the molecule is CCc1nc(NC)cc(NC(C)CCSC)n1. The zero-order valence-electron chi connectivity index (χ0n) is 11.1. The van der Waals surface area contributed by atoms with E-state index in [1.54, 1.807) is 0 Å². The average Bonchev–Trinajstić information content (AvgIpc) is 2.35. The molecule has 96 valence electrons. The summed E-state index contributed by atoms with van der Waals surface area (Å²) in [5.41, 5.74) is 0. The predicted molar refractivity (Wildman–Crippen MR) is 77.0 cm³/mol. The third kappa shape index (κ3) is 4.81. The van der Waals surface area contributed by atoms with Crippen molar-refractivity contribution in [1.82, 2.24) is 9.97 Å². The van der Waals surface area contributed by atoms with Gasteiger partial charge < -0.3 is 10.6 Å². The molecule has 0 spiro atoms. The van der Waals surface area contributed by atoms with Crippen LogP contribution in [0.4, 0.5) is 11.6 Å². The molecule has 0 aliphatic heterocycles. The van der Waals surface area contributed by atoms with Gasteiger partial charge in [0.25, 0.3) is 0 Å². The van der Waals surface area contributed by atoms with Crippen LogP contribution in [0, 0.1) is 0 Å². The second-order valence-corrected chi connectivity index (χ2v) is 4.97. The maximum atomic E-state index is 4.48. The van der Waals surface area contributed by atoms with E-state index >= 15 is 0 Å². The smallest absolute Gasteiger partial charge is 0.132 e. The fraction of sp³-hybridized carbons (Fsp3) is 0.667. The topological polar surface area (TPSA) is 49.8 Å². The Hall–Kier alpha value is -0.970. The van der Waals surface area contributed by atoms with Crippen LogP contribution in [0.25, 0.3) is 0 Å². The minimum absolute atomic E-state index is 0.437. The van der Waals surface area contributed by atoms with E-state index in [4.69, 9.17) is 0 Å². The van der Waals surface area contributed by atoms with Crippen LogP contribution in [0.1, 0.15) is 26.1 Å². The number of nitrogens with one attached hydrogen (secondary N) is 2. The number of anilines is 2. The number of hydrogen-bond donors (Lipinski definition) is 2. The van der Waals surface area contributed by atoms with Gasteiger partial charge in [-0.15, -0.1) is 0 Å². The molecule has 1 aromatic heterocycles. The van der Waals surface area contributed by atoms with Gasteiger partial charge in [0.15, 0.2) is 0 Å². The Labute approximate surface area is 108 Å². The van der Waals surface area contributed by atoms with Crippen molar-refractivity contribution >= 4 is 23.4 Å². The lowest BCUT2D eigenvalue weighted by molar-refractivity contribution is 0.763. The Kier molecular flexibility index (Phi) is 6.11. The Morgan fingerprint density at radius 3 is 2.65 bits per heavy atom. The molecule has 0 aliphatic rings. The molecule has 1 unspecified atom stereocenters. The number of thioether (sulfide) groups is 1. The summed E-state index contributed by atoms with van der Waals surface area (Å²) in [6.45, 7) is 4.25. The van der Waals surface area contributed by atoms with Gasteiger partial charge in [-0.05, 0) is 25.4 Å². The fourth-order valence-electron chi connectivity index (χ4n) is 1.48. The Bertz CT molecular complexity index is 321. The molecular formula is C12H22N4S. The van der Waals surface area contributed by atoms with Crippen molar-refractivity contribution in [3.63, 3.8) is 0 Å². The van der Waals surface area contributed by atoms with Crippen molar-refractivity contribution in [3.05, 3.63) is 11.9 Å². The summed E-state index contributed by atoms with van der Waals surface area (Å²) in [5.74, 6) is 3.82. The summed E-state index contributed by atoms with van der Waals surface area (Å²) < 4.78 is 0. The first-order chi connectivity index (χ1) is 8.19. The number of nitrogens with zero attached hydrogens (tertiary/aromatic N) is 2. The summed E-state index contributed by atoms with van der Waals surface area (Å²) in [7, 11) is 1.88. The van der Waals surface area contributed by atoms with Gasteiger partial charge in [-0.25, -0.2) is 9.97 Å². The lowest BCUT2D eigenvalue weighted by atomic mass is 10.2. The van der Waals surface area contributed by atoms with Crippen molar-refractivity contribution in [3.8, 4) is 0 Å². The van der Waals surface area contributed by atoms with E-state index in [0.717, 1.165) is 30.3 Å². The first-order valence-electron chi connectivity index (χ1n) is 6.00. The van der Waals surface area contributed by atoms with Gasteiger partial charge in [0.1, 0.15) is 17.5 Å². The predicted octanol–water partition coefficient (Wildman–Crippen LogP) is 2.63. The van der Waals surface area contributed by atoms with Crippen LogP contribution in [0.2, 0.25) is 0 Å². The van der Waals surface area contributed by atoms with Crippen molar-refractivity contribution < 1.29 is 0 Å². The van der Waals surface area contributed by atoms with Crippen LogP contribution in [0.3, 0.4) is 0 Å². The molecular weight excluding hydrogens is 232 g/mol. The van der Waals surface area contributed by atoms with Gasteiger partial charge in [0.05, 0.1) is 0 Å². The molecule has 17 heavy (non-hydrogen) atoms. The molecule has 4 nitrogen and oxygen atoms in total. The van der Waals surface area contributed by atoms with Crippen LogP contribution in [-0.4, -0.2) is 35.1 Å². The number of aromatic nitrogens is 2. The molecule has 0 aliphatic carbocycles. The highest BCUT2D eigenvalue weighted by Gasteiger charge is 2.06. The summed E-state index contributed by atoms with van der Waals surface area (Å²) >= 11 is 1.87. The van der Waals surface area contributed by atoms with Crippen LogP contribution >= 0.6 is 11.8 Å². The molecule has 0 bridgehead atoms. The molecule has 0 amide bonds. The van der Waals surface area contributed by atoms with Crippen LogP contribution in [0.5, 0.6) is 0 Å². The van der Waals surface area contributed by atoms with Crippen molar-refractivity contribution in [2.45, 2.75) is 32.7 Å². The molecule has 1 heterocycles. The molecule has 0 saturated heterocycles. The third-order valence-corrected chi connectivity index (χ3v) is 3.14. The fourth-order valence-corrected chi connectivity index (χ4v) is 2.07.